The van der Waals surface area contributed by atoms with Crippen LogP contribution in [0.25, 0.3) is 33.3 Å². The normalized spacial score (nSPS) is 19.2. The molecule has 5 atom stereocenters. The molecular formula is C52H75N7O8S5. The Labute approximate surface area is 459 Å². The van der Waals surface area contributed by atoms with Gasteiger partial charge < -0.3 is 34.3 Å². The lowest BCUT2D eigenvalue weighted by Gasteiger charge is -2.37. The number of nitrogens with one attached hydrogen (secondary N) is 2. The van der Waals surface area contributed by atoms with Crippen molar-refractivity contribution < 1.29 is 38.6 Å². The van der Waals surface area contributed by atoms with Gasteiger partial charge in [0.15, 0.2) is 0 Å². The number of hydrazine groups is 1. The topological polar surface area (TPSA) is 176 Å². The number of likely N-dealkylation sites (tertiary alicyclic amines) is 1. The van der Waals surface area contributed by atoms with E-state index >= 15 is 0 Å². The second-order valence-electron chi connectivity index (χ2n) is 19.3. The van der Waals surface area contributed by atoms with Gasteiger partial charge in [0.1, 0.15) is 23.9 Å². The van der Waals surface area contributed by atoms with Gasteiger partial charge >= 0.3 is 5.97 Å². The van der Waals surface area contributed by atoms with Crippen LogP contribution in [0, 0.1) is 29.1 Å². The zero-order chi connectivity index (χ0) is 48.3. The van der Waals surface area contributed by atoms with Crippen LogP contribution in [0.2, 0.25) is 0 Å². The monoisotopic (exact) mass is 1090 g/mol. The molecule has 0 radical (unpaired) electrons. The second-order valence-corrected chi connectivity index (χ2v) is 19.3. The van der Waals surface area contributed by atoms with Crippen molar-refractivity contribution in [2.45, 2.75) is 111 Å². The number of amides is 4. The van der Waals surface area contributed by atoms with Crippen LogP contribution in [0.3, 0.4) is 0 Å². The number of likely N-dealkylation sites (N-methyl/N-ethyl adjacent to an activating group) is 1. The Morgan fingerprint density at radius 3 is 2.40 bits per heavy atom. The van der Waals surface area contributed by atoms with Crippen LogP contribution in [-0.4, -0.2) is 118 Å². The number of carbonyl (C=O) groups excluding carboxylic acids is 5. The predicted molar refractivity (Wildman–Crippen MR) is 307 cm³/mol. The van der Waals surface area contributed by atoms with Gasteiger partial charge in [-0.2, -0.15) is 67.5 Å². The summed E-state index contributed by atoms with van der Waals surface area (Å²) in [7, 11) is 3.25. The van der Waals surface area contributed by atoms with Gasteiger partial charge in [0.05, 0.1) is 30.0 Å². The van der Waals surface area contributed by atoms with E-state index in [1.807, 2.05) is 39.0 Å². The first-order valence-electron chi connectivity index (χ1n) is 23.4. The summed E-state index contributed by atoms with van der Waals surface area (Å²) < 4.78 is 14.2. The highest BCUT2D eigenvalue weighted by molar-refractivity contribution is 7.60. The summed E-state index contributed by atoms with van der Waals surface area (Å²) in [6.45, 7) is 15.1. The van der Waals surface area contributed by atoms with E-state index in [0.717, 1.165) is 39.0 Å². The summed E-state index contributed by atoms with van der Waals surface area (Å²) in [6, 6.07) is 12.5. The number of cyclic esters (lactones) is 1. The smallest absolute Gasteiger partial charge is 0.324 e. The number of benzene rings is 2. The summed E-state index contributed by atoms with van der Waals surface area (Å²) >= 11 is 0. The van der Waals surface area contributed by atoms with Crippen LogP contribution in [-0.2, 0) is 52.8 Å². The van der Waals surface area contributed by atoms with E-state index < -0.39 is 47.2 Å². The number of methoxy groups -OCH3 is 1. The van der Waals surface area contributed by atoms with E-state index in [0.29, 0.717) is 49.9 Å². The second kappa shape index (κ2) is 27.2. The molecule has 15 nitrogen and oxygen atoms in total. The molecule has 3 aliphatic heterocycles. The zero-order valence-electron chi connectivity index (χ0n) is 42.8. The summed E-state index contributed by atoms with van der Waals surface area (Å²) in [4.78, 5) is 77.4. The molecule has 3 aliphatic rings. The van der Waals surface area contributed by atoms with Crippen molar-refractivity contribution in [2.75, 3.05) is 40.4 Å². The molecule has 2 aromatic carbocycles. The van der Waals surface area contributed by atoms with Gasteiger partial charge in [-0.05, 0) is 117 Å². The molecule has 2 saturated heterocycles. The standard InChI is InChI=1S/C52H65N7O8.5H2S/c1-10-14-44(61)57-22-19-35(29-57)49(63)56(8)46(31(3)4)48(62)54-42-25-33-23-36(26-37(60)24-33)34-17-18-43-39(27-34)40(47(58(43)11-2)38-15-12-20-53-45(38)32(5)66-9)28-52(6,7)30-67-51(65)41-16-13-21-59(55-41)50(42)64;;;;;/h12,15,17-18,20,23-24,26-27,31-32,35,41-42,46,55,60H,11,13,16,19,21-22,25,28-30H2,1-9H3,(H,54,62);5*1H2/t32-,35-,41-,42-,46-;;;;;/m0...../s1. The van der Waals surface area contributed by atoms with E-state index in [1.165, 1.54) is 9.91 Å². The fraction of sp³-hybridized carbons (Fsp3) is 0.500. The highest BCUT2D eigenvalue weighted by Gasteiger charge is 2.40. The molecule has 0 saturated carbocycles. The Kier molecular flexibility index (Phi) is 24.0. The summed E-state index contributed by atoms with van der Waals surface area (Å²) in [5.41, 5.74) is 9.51. The van der Waals surface area contributed by atoms with Gasteiger partial charge in [-0.25, -0.2) is 5.43 Å². The first-order chi connectivity index (χ1) is 31.9. The van der Waals surface area contributed by atoms with Crippen LogP contribution in [0.5, 0.6) is 5.75 Å². The average molecular weight is 1090 g/mol. The molecule has 5 heterocycles. The number of carbonyl (C=O) groups is 5. The quantitative estimate of drug-likeness (QED) is 0.126. The lowest BCUT2D eigenvalue weighted by atomic mass is 9.84. The average Bonchev–Trinajstić information content (AvgIpc) is 3.92. The number of fused-ring (bicyclic) bond motifs is 6. The number of aromatic hydroxyl groups is 1. The third kappa shape index (κ3) is 13.8. The third-order valence-electron chi connectivity index (χ3n) is 13.4. The van der Waals surface area contributed by atoms with Crippen molar-refractivity contribution >= 4 is 108 Å². The van der Waals surface area contributed by atoms with Gasteiger partial charge in [0.2, 0.25) is 11.8 Å². The van der Waals surface area contributed by atoms with Crippen molar-refractivity contribution in [3.05, 3.63) is 71.5 Å². The van der Waals surface area contributed by atoms with Crippen LogP contribution in [0.1, 0.15) is 90.7 Å². The Morgan fingerprint density at radius 2 is 1.74 bits per heavy atom. The van der Waals surface area contributed by atoms with E-state index in [1.54, 1.807) is 44.3 Å². The van der Waals surface area contributed by atoms with E-state index in [9.17, 15) is 29.1 Å². The fourth-order valence-corrected chi connectivity index (χ4v) is 10.0. The maximum Gasteiger partial charge on any atom is 0.324 e. The molecule has 0 spiro atoms. The number of aryl methyl sites for hydroxylation is 1. The van der Waals surface area contributed by atoms with Crippen LogP contribution in [0.15, 0.2) is 54.7 Å². The number of phenols is 1. The highest BCUT2D eigenvalue weighted by atomic mass is 32.1. The number of rotatable bonds is 9. The van der Waals surface area contributed by atoms with Crippen LogP contribution < -0.4 is 10.7 Å². The minimum Gasteiger partial charge on any atom is -0.508 e. The minimum absolute atomic E-state index is 0. The summed E-state index contributed by atoms with van der Waals surface area (Å²) in [6.07, 6.45) is 3.39. The first-order valence-corrected chi connectivity index (χ1v) is 23.4. The number of hydrogen-bond acceptors (Lipinski definition) is 10. The number of ether oxygens (including phenoxy) is 2. The van der Waals surface area contributed by atoms with E-state index in [4.69, 9.17) is 14.5 Å². The molecule has 0 aliphatic carbocycles. The number of esters is 1. The van der Waals surface area contributed by atoms with E-state index in [2.05, 4.69) is 66.1 Å². The van der Waals surface area contributed by atoms with Crippen molar-refractivity contribution in [3.63, 3.8) is 0 Å². The molecule has 20 heteroatoms. The van der Waals surface area contributed by atoms with E-state index in [-0.39, 0.29) is 123 Å². The lowest BCUT2D eigenvalue weighted by Crippen LogP contribution is -2.62. The number of hydrogen-bond donors (Lipinski definition) is 3. The number of phenolic OH excluding ortho intramolecular Hbond substituents is 1. The molecule has 7 rings (SSSR count). The number of pyridine rings is 1. The van der Waals surface area contributed by atoms with Crippen LogP contribution >= 0.6 is 67.5 Å². The predicted octanol–water partition coefficient (Wildman–Crippen LogP) is 6.37. The molecule has 72 heavy (non-hydrogen) atoms. The molecular weight excluding hydrogens is 1010 g/mol. The zero-order valence-corrected chi connectivity index (χ0v) is 47.8. The van der Waals surface area contributed by atoms with Gasteiger partial charge in [-0.1, -0.05) is 45.7 Å². The van der Waals surface area contributed by atoms with Gasteiger partial charge in [-0.15, -0.1) is 0 Å². The maximum atomic E-state index is 14.7. The first kappa shape index (κ1) is 63.6. The molecule has 4 aromatic rings. The number of aromatic nitrogens is 2. The molecule has 2 aromatic heterocycles. The molecule has 0 unspecified atom stereocenters. The summed E-state index contributed by atoms with van der Waals surface area (Å²) in [5, 5.41) is 16.7. The van der Waals surface area contributed by atoms with Gasteiger partial charge in [0, 0.05) is 74.8 Å². The molecule has 396 valence electrons. The van der Waals surface area contributed by atoms with Crippen molar-refractivity contribution in [3.8, 4) is 40.0 Å². The summed E-state index contributed by atoms with van der Waals surface area (Å²) in [5.74, 6) is 2.15. The van der Waals surface area contributed by atoms with Gasteiger partial charge in [0.25, 0.3) is 11.8 Å². The number of nitrogens with zero attached hydrogens (tertiary/aromatic N) is 5. The third-order valence-corrected chi connectivity index (χ3v) is 13.4. The highest BCUT2D eigenvalue weighted by Crippen LogP contribution is 2.42. The molecule has 3 N–H and O–H groups in total. The maximum absolute atomic E-state index is 14.7. The van der Waals surface area contributed by atoms with Gasteiger partial charge in [-0.3, -0.25) is 34.0 Å². The fourth-order valence-electron chi connectivity index (χ4n) is 10.0. The SMILES string of the molecule is CC#CC(=O)N1CC[C@H](C(=O)N(C)[C@H](C(=O)N[C@H]2Cc3cc(O)cc(c3)-c3ccc4c(c3)c(c(-c3cccnc3[C@H](C)OC)n4CC)CC(C)(C)COC(=O)[C@@H]3CCCN(N3)C2=O)C(C)C)C1.S.S.S.S.S. The Bertz CT molecular complexity index is 2630. The molecule has 4 amide bonds. The molecule has 2 fully saturated rings. The van der Waals surface area contributed by atoms with Crippen molar-refractivity contribution in [2.24, 2.45) is 17.3 Å². The Hall–Kier alpha value is -4.49. The van der Waals surface area contributed by atoms with Crippen LogP contribution in [0.4, 0.5) is 0 Å². The van der Waals surface area contributed by atoms with Crippen molar-refractivity contribution in [1.82, 2.24) is 35.1 Å². The van der Waals surface area contributed by atoms with Crippen molar-refractivity contribution in [1.29, 1.82) is 0 Å². The minimum atomic E-state index is -1.17. The Balaban J connectivity index is 0.00000355. The lowest BCUT2D eigenvalue weighted by molar-refractivity contribution is -0.155. The Morgan fingerprint density at radius 1 is 1.01 bits per heavy atom. The largest absolute Gasteiger partial charge is 0.508 e. The molecule has 6 bridgehead atoms.